The van der Waals surface area contributed by atoms with Gasteiger partial charge in [0.1, 0.15) is 0 Å². The molecule has 1 amide bonds. The number of carbonyl (C=O) groups excluding carboxylic acids is 2. The summed E-state index contributed by atoms with van der Waals surface area (Å²) >= 11 is 3.35. The van der Waals surface area contributed by atoms with Crippen molar-refractivity contribution < 1.29 is 14.3 Å². The van der Waals surface area contributed by atoms with Crippen molar-refractivity contribution >= 4 is 39.6 Å². The molecule has 0 unspecified atom stereocenters. The van der Waals surface area contributed by atoms with Crippen LogP contribution in [0.4, 0.5) is 5.69 Å². The number of para-hydroxylation sites is 1. The number of benzene rings is 2. The van der Waals surface area contributed by atoms with Gasteiger partial charge in [-0.3, -0.25) is 4.79 Å². The molecule has 5 heteroatoms. The lowest BCUT2D eigenvalue weighted by atomic mass is 10.2. The molecule has 0 aliphatic heterocycles. The molecular formula is C20H20BrNO3. The molecule has 0 aliphatic carbocycles. The molecule has 0 spiro atoms. The molecule has 0 bridgehead atoms. The fraction of sp³-hybridized carbons (Fsp3) is 0.200. The summed E-state index contributed by atoms with van der Waals surface area (Å²) in [5.74, 6) is -0.806. The molecule has 0 atom stereocenters. The summed E-state index contributed by atoms with van der Waals surface area (Å²) in [6.07, 6.45) is 2.97. The van der Waals surface area contributed by atoms with Crippen molar-refractivity contribution in [2.75, 3.05) is 11.5 Å². The van der Waals surface area contributed by atoms with Crippen LogP contribution in [-0.4, -0.2) is 24.5 Å². The summed E-state index contributed by atoms with van der Waals surface area (Å²) in [7, 11) is 0. The summed E-state index contributed by atoms with van der Waals surface area (Å²) < 4.78 is 6.04. The van der Waals surface area contributed by atoms with Gasteiger partial charge in [-0.25, -0.2) is 4.79 Å². The lowest BCUT2D eigenvalue weighted by Crippen LogP contribution is -2.39. The Hall–Kier alpha value is -2.40. The van der Waals surface area contributed by atoms with Gasteiger partial charge in [-0.2, -0.15) is 0 Å². The van der Waals surface area contributed by atoms with E-state index in [0.29, 0.717) is 0 Å². The van der Waals surface area contributed by atoms with E-state index in [1.165, 1.54) is 6.08 Å². The number of anilines is 1. The van der Waals surface area contributed by atoms with E-state index in [4.69, 9.17) is 4.74 Å². The fourth-order valence-electron chi connectivity index (χ4n) is 2.31. The van der Waals surface area contributed by atoms with E-state index in [1.54, 1.807) is 11.0 Å². The first kappa shape index (κ1) is 18.9. The Morgan fingerprint density at radius 2 is 1.72 bits per heavy atom. The average Bonchev–Trinajstić information content (AvgIpc) is 2.60. The van der Waals surface area contributed by atoms with Crippen LogP contribution in [0.5, 0.6) is 0 Å². The van der Waals surface area contributed by atoms with Gasteiger partial charge in [-0.15, -0.1) is 0 Å². The van der Waals surface area contributed by atoms with Gasteiger partial charge in [0.2, 0.25) is 0 Å². The van der Waals surface area contributed by atoms with Crippen molar-refractivity contribution in [3.63, 3.8) is 0 Å². The Labute approximate surface area is 156 Å². The highest BCUT2D eigenvalue weighted by molar-refractivity contribution is 9.10. The highest BCUT2D eigenvalue weighted by Crippen LogP contribution is 2.17. The Balaban J connectivity index is 1.93. The van der Waals surface area contributed by atoms with Crippen LogP contribution in [0.3, 0.4) is 0 Å². The predicted molar refractivity (Wildman–Crippen MR) is 103 cm³/mol. The molecule has 2 aromatic carbocycles. The fourth-order valence-corrected chi connectivity index (χ4v) is 2.57. The maximum absolute atomic E-state index is 12.4. The number of nitrogens with zero attached hydrogens (tertiary/aromatic N) is 1. The third kappa shape index (κ3) is 5.87. The summed E-state index contributed by atoms with van der Waals surface area (Å²) in [4.78, 5) is 25.9. The van der Waals surface area contributed by atoms with E-state index in [1.807, 2.05) is 68.4 Å². The summed E-state index contributed by atoms with van der Waals surface area (Å²) in [5, 5.41) is 0. The Morgan fingerprint density at radius 1 is 1.08 bits per heavy atom. The number of halogens is 1. The normalized spacial score (nSPS) is 10.9. The smallest absolute Gasteiger partial charge is 0.331 e. The number of ether oxygens (including phenoxy) is 1. The second kappa shape index (κ2) is 9.18. The molecule has 0 radical (unpaired) electrons. The molecule has 0 heterocycles. The van der Waals surface area contributed by atoms with Crippen LogP contribution in [0.25, 0.3) is 6.08 Å². The van der Waals surface area contributed by atoms with Gasteiger partial charge < -0.3 is 9.64 Å². The largest absolute Gasteiger partial charge is 0.452 e. The predicted octanol–water partition coefficient (Wildman–Crippen LogP) is 4.45. The van der Waals surface area contributed by atoms with E-state index in [-0.39, 0.29) is 18.6 Å². The first-order valence-corrected chi connectivity index (χ1v) is 8.74. The third-order valence-electron chi connectivity index (χ3n) is 3.44. The molecule has 0 aliphatic rings. The average molecular weight is 402 g/mol. The molecule has 0 N–H and O–H groups in total. The van der Waals surface area contributed by atoms with Crippen LogP contribution >= 0.6 is 15.9 Å². The molecule has 2 rings (SSSR count). The minimum atomic E-state index is -0.548. The van der Waals surface area contributed by atoms with Crippen LogP contribution in [0.2, 0.25) is 0 Å². The zero-order valence-electron chi connectivity index (χ0n) is 14.2. The third-order valence-corrected chi connectivity index (χ3v) is 3.97. The van der Waals surface area contributed by atoms with Crippen molar-refractivity contribution in [3.8, 4) is 0 Å². The molecular weight excluding hydrogens is 382 g/mol. The number of rotatable bonds is 6. The van der Waals surface area contributed by atoms with Gasteiger partial charge >= 0.3 is 5.97 Å². The van der Waals surface area contributed by atoms with Crippen molar-refractivity contribution in [3.05, 3.63) is 70.7 Å². The van der Waals surface area contributed by atoms with Gasteiger partial charge in [0, 0.05) is 22.3 Å². The zero-order valence-corrected chi connectivity index (χ0v) is 15.8. The highest BCUT2D eigenvalue weighted by atomic mass is 79.9. The van der Waals surface area contributed by atoms with Crippen LogP contribution in [0.15, 0.2) is 65.1 Å². The summed E-state index contributed by atoms with van der Waals surface area (Å²) in [6.45, 7) is 3.54. The highest BCUT2D eigenvalue weighted by Gasteiger charge is 2.19. The first-order valence-electron chi connectivity index (χ1n) is 7.95. The number of hydrogen-bond donors (Lipinski definition) is 0. The number of hydrogen-bond acceptors (Lipinski definition) is 3. The topological polar surface area (TPSA) is 46.6 Å². The summed E-state index contributed by atoms with van der Waals surface area (Å²) in [6, 6.07) is 16.8. The van der Waals surface area contributed by atoms with Crippen molar-refractivity contribution in [2.45, 2.75) is 19.9 Å². The number of esters is 1. The second-order valence-electron chi connectivity index (χ2n) is 5.69. The van der Waals surface area contributed by atoms with Crippen LogP contribution in [0, 0.1) is 0 Å². The molecule has 0 saturated carbocycles. The Morgan fingerprint density at radius 3 is 2.32 bits per heavy atom. The first-order chi connectivity index (χ1) is 12.0. The molecule has 0 saturated heterocycles. The van der Waals surface area contributed by atoms with Crippen molar-refractivity contribution in [2.24, 2.45) is 0 Å². The van der Waals surface area contributed by atoms with Crippen LogP contribution in [-0.2, 0) is 14.3 Å². The van der Waals surface area contributed by atoms with E-state index in [0.717, 1.165) is 15.7 Å². The van der Waals surface area contributed by atoms with Crippen molar-refractivity contribution in [1.29, 1.82) is 0 Å². The van der Waals surface area contributed by atoms with Gasteiger partial charge in [-0.05, 0) is 49.8 Å². The molecule has 4 nitrogen and oxygen atoms in total. The van der Waals surface area contributed by atoms with Crippen LogP contribution < -0.4 is 4.90 Å². The molecule has 0 aromatic heterocycles. The van der Waals surface area contributed by atoms with Crippen LogP contribution in [0.1, 0.15) is 19.4 Å². The monoisotopic (exact) mass is 401 g/mol. The van der Waals surface area contributed by atoms with E-state index >= 15 is 0 Å². The number of amides is 1. The lowest BCUT2D eigenvalue weighted by Gasteiger charge is -2.26. The molecule has 0 fully saturated rings. The van der Waals surface area contributed by atoms with Gasteiger partial charge in [0.15, 0.2) is 6.61 Å². The van der Waals surface area contributed by atoms with Crippen molar-refractivity contribution in [1.82, 2.24) is 0 Å². The summed E-state index contributed by atoms with van der Waals surface area (Å²) in [5.41, 5.74) is 1.66. The second-order valence-corrected chi connectivity index (χ2v) is 6.60. The SMILES string of the molecule is CC(C)N(C(=O)COC(=O)/C=C/c1ccc(Br)cc1)c1ccccc1. The van der Waals surface area contributed by atoms with Gasteiger partial charge in [0.05, 0.1) is 0 Å². The number of carbonyl (C=O) groups is 2. The quantitative estimate of drug-likeness (QED) is 0.530. The van der Waals surface area contributed by atoms with E-state index in [9.17, 15) is 9.59 Å². The Kier molecular flexibility index (Phi) is 6.95. The lowest BCUT2D eigenvalue weighted by molar-refractivity contribution is -0.143. The maximum atomic E-state index is 12.4. The van der Waals surface area contributed by atoms with Gasteiger partial charge in [-0.1, -0.05) is 46.3 Å². The standard InChI is InChI=1S/C20H20BrNO3/c1-15(2)22(18-6-4-3-5-7-18)19(23)14-25-20(24)13-10-16-8-11-17(21)12-9-16/h3-13,15H,14H2,1-2H3/b13-10+. The molecule has 25 heavy (non-hydrogen) atoms. The van der Waals surface area contributed by atoms with E-state index < -0.39 is 5.97 Å². The minimum Gasteiger partial charge on any atom is -0.452 e. The molecule has 2 aromatic rings. The molecule has 130 valence electrons. The zero-order chi connectivity index (χ0) is 18.2. The Bertz CT molecular complexity index is 739. The van der Waals surface area contributed by atoms with Gasteiger partial charge in [0.25, 0.3) is 5.91 Å². The maximum Gasteiger partial charge on any atom is 0.331 e. The minimum absolute atomic E-state index is 0.0353. The van der Waals surface area contributed by atoms with E-state index in [2.05, 4.69) is 15.9 Å².